The first kappa shape index (κ1) is 23.4. The van der Waals surface area contributed by atoms with Gasteiger partial charge in [0.05, 0.1) is 17.1 Å². The molecule has 2 aromatic rings. The third-order valence-corrected chi connectivity index (χ3v) is 6.82. The third kappa shape index (κ3) is 6.35. The molecule has 1 fully saturated rings. The lowest BCUT2D eigenvalue weighted by atomic mass is 10.2. The molecule has 1 aliphatic rings. The van der Waals surface area contributed by atoms with Gasteiger partial charge in [-0.3, -0.25) is 4.79 Å². The molecule has 3 rings (SSSR count). The lowest BCUT2D eigenvalue weighted by molar-refractivity contribution is -0.152. The topological polar surface area (TPSA) is 81.7 Å². The van der Waals surface area contributed by atoms with Gasteiger partial charge in [-0.25, -0.2) is 12.8 Å². The van der Waals surface area contributed by atoms with E-state index in [9.17, 15) is 17.6 Å². The van der Waals surface area contributed by atoms with Gasteiger partial charge >= 0.3 is 5.97 Å². The molecule has 0 unspecified atom stereocenters. The Morgan fingerprint density at radius 1 is 1.16 bits per heavy atom. The van der Waals surface area contributed by atoms with Crippen LogP contribution in [0.4, 0.5) is 4.39 Å². The molecule has 31 heavy (non-hydrogen) atoms. The standard InChI is InChI=1S/C23H28FNO5S/c1-16-14-20(12-13-21(16)24)31(27,28)25-22(17(2)30-19-10-6-7-11-19)23(26)29-15-18-8-4-3-5-9-18/h3-5,8-9,12-14,17,19,22,25H,6-7,10-11,15H2,1-2H3/t17-,22-/m1/s1. The van der Waals surface area contributed by atoms with Gasteiger partial charge in [0.15, 0.2) is 0 Å². The Labute approximate surface area is 182 Å². The Kier molecular flexibility index (Phi) is 7.80. The Morgan fingerprint density at radius 2 is 1.84 bits per heavy atom. The SMILES string of the molecule is Cc1cc(S(=O)(=O)N[C@@H](C(=O)OCc2ccccc2)[C@@H](C)OC2CCCC2)ccc1F. The fraction of sp³-hybridized carbons (Fsp3) is 0.435. The summed E-state index contributed by atoms with van der Waals surface area (Å²) < 4.78 is 53.2. The Balaban J connectivity index is 1.77. The number of rotatable bonds is 9. The molecule has 1 aliphatic carbocycles. The van der Waals surface area contributed by atoms with Crippen molar-refractivity contribution in [2.75, 3.05) is 0 Å². The first-order chi connectivity index (χ1) is 14.8. The van der Waals surface area contributed by atoms with Crippen molar-refractivity contribution in [3.05, 3.63) is 65.5 Å². The highest BCUT2D eigenvalue weighted by atomic mass is 32.2. The number of hydrogen-bond donors (Lipinski definition) is 1. The van der Waals surface area contributed by atoms with Crippen LogP contribution in [-0.4, -0.2) is 32.6 Å². The maximum absolute atomic E-state index is 13.6. The first-order valence-corrected chi connectivity index (χ1v) is 11.9. The van der Waals surface area contributed by atoms with E-state index in [1.165, 1.54) is 19.1 Å². The minimum absolute atomic E-state index is 0.0167. The Bertz CT molecular complexity index is 990. The fourth-order valence-electron chi connectivity index (χ4n) is 3.58. The maximum Gasteiger partial charge on any atom is 0.327 e. The van der Waals surface area contributed by atoms with Crippen LogP contribution in [0.25, 0.3) is 0 Å². The molecule has 0 spiro atoms. The molecule has 1 N–H and O–H groups in total. The van der Waals surface area contributed by atoms with E-state index in [1.807, 2.05) is 30.3 Å². The zero-order valence-corrected chi connectivity index (χ0v) is 18.5. The van der Waals surface area contributed by atoms with Gasteiger partial charge in [0, 0.05) is 0 Å². The zero-order valence-electron chi connectivity index (χ0n) is 17.7. The van der Waals surface area contributed by atoms with Crippen LogP contribution < -0.4 is 4.72 Å². The molecule has 0 radical (unpaired) electrons. The predicted molar refractivity (Wildman–Crippen MR) is 114 cm³/mol. The van der Waals surface area contributed by atoms with Crippen molar-refractivity contribution in [3.63, 3.8) is 0 Å². The number of carbonyl (C=O) groups excluding carboxylic acids is 1. The Hall–Kier alpha value is -2.29. The van der Waals surface area contributed by atoms with Crippen molar-refractivity contribution < 1.29 is 27.1 Å². The molecule has 0 bridgehead atoms. The van der Waals surface area contributed by atoms with Crippen molar-refractivity contribution in [3.8, 4) is 0 Å². The van der Waals surface area contributed by atoms with E-state index < -0.39 is 34.0 Å². The van der Waals surface area contributed by atoms with Gasteiger partial charge in [0.1, 0.15) is 18.5 Å². The highest BCUT2D eigenvalue weighted by Gasteiger charge is 2.34. The normalized spacial score (nSPS) is 16.7. The van der Waals surface area contributed by atoms with Gasteiger partial charge in [-0.2, -0.15) is 4.72 Å². The summed E-state index contributed by atoms with van der Waals surface area (Å²) in [6, 6.07) is 11.4. The highest BCUT2D eigenvalue weighted by Crippen LogP contribution is 2.24. The average molecular weight is 450 g/mol. The van der Waals surface area contributed by atoms with Gasteiger partial charge < -0.3 is 9.47 Å². The summed E-state index contributed by atoms with van der Waals surface area (Å²) in [4.78, 5) is 12.7. The van der Waals surface area contributed by atoms with Crippen molar-refractivity contribution in [2.45, 2.75) is 69.3 Å². The molecule has 0 amide bonds. The van der Waals surface area contributed by atoms with Crippen molar-refractivity contribution in [2.24, 2.45) is 0 Å². The van der Waals surface area contributed by atoms with Gasteiger partial charge in [-0.1, -0.05) is 43.2 Å². The van der Waals surface area contributed by atoms with E-state index in [0.717, 1.165) is 37.3 Å². The summed E-state index contributed by atoms with van der Waals surface area (Å²) >= 11 is 0. The number of nitrogens with one attached hydrogen (secondary N) is 1. The number of benzene rings is 2. The van der Waals surface area contributed by atoms with E-state index in [0.29, 0.717) is 0 Å². The Morgan fingerprint density at radius 3 is 2.48 bits per heavy atom. The van der Waals surface area contributed by atoms with Crippen molar-refractivity contribution >= 4 is 16.0 Å². The number of hydrogen-bond acceptors (Lipinski definition) is 5. The molecule has 2 atom stereocenters. The quantitative estimate of drug-likeness (QED) is 0.588. The van der Waals surface area contributed by atoms with Crippen LogP contribution in [0.5, 0.6) is 0 Å². The van der Waals surface area contributed by atoms with Gasteiger partial charge in [0.2, 0.25) is 10.0 Å². The summed E-state index contributed by atoms with van der Waals surface area (Å²) in [5, 5.41) is 0. The number of ether oxygens (including phenoxy) is 2. The summed E-state index contributed by atoms with van der Waals surface area (Å²) in [5.41, 5.74) is 0.984. The first-order valence-electron chi connectivity index (χ1n) is 10.4. The zero-order chi connectivity index (χ0) is 22.4. The fourth-order valence-corrected chi connectivity index (χ4v) is 4.92. The van der Waals surface area contributed by atoms with Gasteiger partial charge in [0.25, 0.3) is 0 Å². The largest absolute Gasteiger partial charge is 0.460 e. The van der Waals surface area contributed by atoms with Crippen LogP contribution in [0.15, 0.2) is 53.4 Å². The minimum Gasteiger partial charge on any atom is -0.460 e. The van der Waals surface area contributed by atoms with E-state index in [1.54, 1.807) is 6.92 Å². The van der Waals surface area contributed by atoms with Gasteiger partial charge in [-0.15, -0.1) is 0 Å². The number of sulfonamides is 1. The molecular formula is C23H28FNO5S. The van der Waals surface area contributed by atoms with Crippen LogP contribution in [0.2, 0.25) is 0 Å². The van der Waals surface area contributed by atoms with Crippen molar-refractivity contribution in [1.82, 2.24) is 4.72 Å². The lowest BCUT2D eigenvalue weighted by Crippen LogP contribution is -2.50. The summed E-state index contributed by atoms with van der Waals surface area (Å²) in [5.74, 6) is -1.23. The molecule has 168 valence electrons. The molecule has 0 heterocycles. The van der Waals surface area contributed by atoms with E-state index in [4.69, 9.17) is 9.47 Å². The number of carbonyl (C=O) groups is 1. The number of esters is 1. The second-order valence-corrected chi connectivity index (χ2v) is 9.56. The molecule has 0 saturated heterocycles. The number of aryl methyl sites for hydroxylation is 1. The lowest BCUT2D eigenvalue weighted by Gasteiger charge is -2.26. The summed E-state index contributed by atoms with van der Waals surface area (Å²) in [7, 11) is -4.10. The van der Waals surface area contributed by atoms with E-state index >= 15 is 0 Å². The second-order valence-electron chi connectivity index (χ2n) is 7.85. The molecule has 0 aromatic heterocycles. The molecule has 6 nitrogen and oxygen atoms in total. The summed E-state index contributed by atoms with van der Waals surface area (Å²) in [6.07, 6.45) is 3.09. The van der Waals surface area contributed by atoms with Crippen LogP contribution in [0.3, 0.4) is 0 Å². The molecule has 8 heteroatoms. The van der Waals surface area contributed by atoms with Gasteiger partial charge in [-0.05, 0) is 56.0 Å². The van der Waals surface area contributed by atoms with Crippen LogP contribution >= 0.6 is 0 Å². The van der Waals surface area contributed by atoms with Crippen molar-refractivity contribution in [1.29, 1.82) is 0 Å². The molecule has 1 saturated carbocycles. The summed E-state index contributed by atoms with van der Waals surface area (Å²) in [6.45, 7) is 3.15. The molecular weight excluding hydrogens is 421 g/mol. The molecule has 2 aromatic carbocycles. The minimum atomic E-state index is -4.10. The van der Waals surface area contributed by atoms with E-state index in [2.05, 4.69) is 4.72 Å². The maximum atomic E-state index is 13.6. The van der Waals surface area contributed by atoms with E-state index in [-0.39, 0.29) is 23.2 Å². The van der Waals surface area contributed by atoms with Crippen LogP contribution in [-0.2, 0) is 30.9 Å². The number of halogens is 1. The molecule has 0 aliphatic heterocycles. The highest BCUT2D eigenvalue weighted by molar-refractivity contribution is 7.89. The average Bonchev–Trinajstić information content (AvgIpc) is 3.26. The smallest absolute Gasteiger partial charge is 0.327 e. The second kappa shape index (κ2) is 10.3. The van der Waals surface area contributed by atoms with Crippen LogP contribution in [0, 0.1) is 12.7 Å². The monoisotopic (exact) mass is 449 g/mol. The third-order valence-electron chi connectivity index (χ3n) is 5.38. The predicted octanol–water partition coefficient (Wildman–Crippen LogP) is 3.87. The van der Waals surface area contributed by atoms with Crippen LogP contribution in [0.1, 0.15) is 43.7 Å².